The third-order valence-corrected chi connectivity index (χ3v) is 3.64. The summed E-state index contributed by atoms with van der Waals surface area (Å²) in [5.41, 5.74) is -1.40. The van der Waals surface area contributed by atoms with Crippen molar-refractivity contribution < 1.29 is 32.6 Å². The van der Waals surface area contributed by atoms with E-state index in [0.29, 0.717) is 12.8 Å². The molecule has 0 aromatic carbocycles. The molecule has 0 aromatic heterocycles. The number of rotatable bonds is 5. The summed E-state index contributed by atoms with van der Waals surface area (Å²) >= 11 is 0. The molecule has 0 fully saturated rings. The van der Waals surface area contributed by atoms with E-state index in [0.717, 1.165) is 6.92 Å². The zero-order valence-corrected chi connectivity index (χ0v) is 14.3. The lowest BCUT2D eigenvalue weighted by Crippen LogP contribution is -2.36. The number of carboxylic acid groups (broad SMARTS) is 1. The third kappa shape index (κ3) is 8.24. The van der Waals surface area contributed by atoms with Crippen LogP contribution in [0.5, 0.6) is 0 Å². The lowest BCUT2D eigenvalue weighted by atomic mass is 9.90. The van der Waals surface area contributed by atoms with Gasteiger partial charge in [-0.2, -0.15) is 13.2 Å². The SMILES string of the molecule is CCC(C)(C)C(=O)O.CCC(C)(C)C(=O)OC(C)C(F)(F)F. The summed E-state index contributed by atoms with van der Waals surface area (Å²) in [6.07, 6.45) is -5.40. The minimum atomic E-state index is -4.49. The van der Waals surface area contributed by atoms with Crippen molar-refractivity contribution in [2.24, 2.45) is 10.8 Å². The normalized spacial score (nSPS) is 13.7. The number of hydrogen-bond donors (Lipinski definition) is 1. The summed E-state index contributed by atoms with van der Waals surface area (Å²) in [5.74, 6) is -1.54. The molecule has 0 rings (SSSR count). The number of hydrogen-bond acceptors (Lipinski definition) is 3. The van der Waals surface area contributed by atoms with Crippen LogP contribution in [0.25, 0.3) is 0 Å². The molecule has 0 aliphatic heterocycles. The number of esters is 1. The quantitative estimate of drug-likeness (QED) is 0.759. The van der Waals surface area contributed by atoms with Crippen LogP contribution < -0.4 is 0 Å². The first kappa shape index (κ1) is 23.0. The van der Waals surface area contributed by atoms with Crippen LogP contribution in [0.2, 0.25) is 0 Å². The van der Waals surface area contributed by atoms with Gasteiger partial charge in [-0.15, -0.1) is 0 Å². The number of halogens is 3. The predicted octanol–water partition coefficient (Wildman–Crippen LogP) is 4.42. The minimum Gasteiger partial charge on any atom is -0.481 e. The fourth-order valence-corrected chi connectivity index (χ4v) is 0.682. The molecular weight excluding hydrogens is 301 g/mol. The molecule has 1 atom stereocenters. The minimum absolute atomic E-state index is 0.441. The molecule has 0 aliphatic rings. The molecule has 4 nitrogen and oxygen atoms in total. The van der Waals surface area contributed by atoms with Crippen molar-refractivity contribution in [3.63, 3.8) is 0 Å². The first-order valence-corrected chi connectivity index (χ1v) is 7.13. The largest absolute Gasteiger partial charge is 0.481 e. The number of carbonyl (C=O) groups is 2. The Morgan fingerprint density at radius 3 is 1.55 bits per heavy atom. The first-order valence-electron chi connectivity index (χ1n) is 7.13. The Morgan fingerprint density at radius 2 is 1.36 bits per heavy atom. The van der Waals surface area contributed by atoms with Crippen LogP contribution in [0, 0.1) is 10.8 Å². The second-order valence-corrected chi connectivity index (χ2v) is 6.37. The fraction of sp³-hybridized carbons (Fsp3) is 0.867. The lowest BCUT2D eigenvalue weighted by Gasteiger charge is -2.24. The highest BCUT2D eigenvalue weighted by Gasteiger charge is 2.41. The molecule has 22 heavy (non-hydrogen) atoms. The Hall–Kier alpha value is -1.27. The molecule has 0 amide bonds. The van der Waals surface area contributed by atoms with Gasteiger partial charge in [-0.05, 0) is 47.5 Å². The zero-order chi connectivity index (χ0) is 18.4. The molecule has 0 aromatic rings. The number of alkyl halides is 3. The molecular formula is C15H27F3O4. The Kier molecular flexibility index (Phi) is 8.77. The fourth-order valence-electron chi connectivity index (χ4n) is 0.682. The van der Waals surface area contributed by atoms with Crippen molar-refractivity contribution >= 4 is 11.9 Å². The number of carboxylic acids is 1. The topological polar surface area (TPSA) is 63.6 Å². The maximum atomic E-state index is 12.0. The highest BCUT2D eigenvalue weighted by molar-refractivity contribution is 5.76. The van der Waals surface area contributed by atoms with Crippen molar-refractivity contribution in [3.8, 4) is 0 Å². The molecule has 132 valence electrons. The summed E-state index contributed by atoms with van der Waals surface area (Å²) in [4.78, 5) is 21.5. The summed E-state index contributed by atoms with van der Waals surface area (Å²) in [7, 11) is 0. The van der Waals surface area contributed by atoms with Crippen molar-refractivity contribution in [1.82, 2.24) is 0 Å². The molecule has 0 saturated carbocycles. The summed E-state index contributed by atoms with van der Waals surface area (Å²) in [5, 5.41) is 8.44. The van der Waals surface area contributed by atoms with Crippen molar-refractivity contribution in [1.29, 1.82) is 0 Å². The average Bonchev–Trinajstić information content (AvgIpc) is 2.37. The molecule has 0 saturated heterocycles. The molecule has 0 bridgehead atoms. The Morgan fingerprint density at radius 1 is 1.00 bits per heavy atom. The highest BCUT2D eigenvalue weighted by Crippen LogP contribution is 2.27. The van der Waals surface area contributed by atoms with E-state index in [4.69, 9.17) is 5.11 Å². The Bertz CT molecular complexity index is 373. The van der Waals surface area contributed by atoms with E-state index in [2.05, 4.69) is 4.74 Å². The van der Waals surface area contributed by atoms with E-state index in [-0.39, 0.29) is 0 Å². The number of aliphatic carboxylic acids is 1. The maximum absolute atomic E-state index is 12.0. The summed E-state index contributed by atoms with van der Waals surface area (Å²) in [6.45, 7) is 11.0. The first-order chi connectivity index (χ1) is 9.61. The molecule has 0 spiro atoms. The van der Waals surface area contributed by atoms with Gasteiger partial charge in [-0.3, -0.25) is 9.59 Å². The number of ether oxygens (including phenoxy) is 1. The summed E-state index contributed by atoms with van der Waals surface area (Å²) < 4.78 is 40.4. The van der Waals surface area contributed by atoms with Crippen LogP contribution in [0.15, 0.2) is 0 Å². The van der Waals surface area contributed by atoms with Crippen molar-refractivity contribution in [3.05, 3.63) is 0 Å². The Balaban J connectivity index is 0. The monoisotopic (exact) mass is 328 g/mol. The van der Waals surface area contributed by atoms with Gasteiger partial charge >= 0.3 is 18.1 Å². The second kappa shape index (κ2) is 8.39. The van der Waals surface area contributed by atoms with Crippen LogP contribution in [-0.4, -0.2) is 29.3 Å². The smallest absolute Gasteiger partial charge is 0.425 e. The lowest BCUT2D eigenvalue weighted by molar-refractivity contribution is -0.221. The van der Waals surface area contributed by atoms with E-state index in [1.807, 2.05) is 6.92 Å². The maximum Gasteiger partial charge on any atom is 0.425 e. The average molecular weight is 328 g/mol. The van der Waals surface area contributed by atoms with Gasteiger partial charge in [-0.1, -0.05) is 13.8 Å². The van der Waals surface area contributed by atoms with Gasteiger partial charge in [0.15, 0.2) is 6.10 Å². The van der Waals surface area contributed by atoms with Gasteiger partial charge in [0.2, 0.25) is 0 Å². The van der Waals surface area contributed by atoms with Gasteiger partial charge in [0.1, 0.15) is 0 Å². The van der Waals surface area contributed by atoms with Crippen LogP contribution >= 0.6 is 0 Å². The molecule has 7 heteroatoms. The van der Waals surface area contributed by atoms with Gasteiger partial charge in [-0.25, -0.2) is 0 Å². The number of carbonyl (C=O) groups excluding carboxylic acids is 1. The molecule has 1 N–H and O–H groups in total. The van der Waals surface area contributed by atoms with Gasteiger partial charge in [0.05, 0.1) is 10.8 Å². The second-order valence-electron chi connectivity index (χ2n) is 6.37. The van der Waals surface area contributed by atoms with Gasteiger partial charge < -0.3 is 9.84 Å². The van der Waals surface area contributed by atoms with Crippen molar-refractivity contribution in [2.75, 3.05) is 0 Å². The van der Waals surface area contributed by atoms with E-state index >= 15 is 0 Å². The molecule has 0 radical (unpaired) electrons. The van der Waals surface area contributed by atoms with E-state index in [1.165, 1.54) is 0 Å². The molecule has 1 unspecified atom stereocenters. The van der Waals surface area contributed by atoms with Gasteiger partial charge in [0.25, 0.3) is 0 Å². The third-order valence-electron chi connectivity index (χ3n) is 3.64. The van der Waals surface area contributed by atoms with E-state index in [9.17, 15) is 22.8 Å². The predicted molar refractivity (Wildman–Crippen MR) is 77.4 cm³/mol. The Labute approximate surface area is 130 Å². The molecule has 0 heterocycles. The van der Waals surface area contributed by atoms with Gasteiger partial charge in [0, 0.05) is 0 Å². The summed E-state index contributed by atoms with van der Waals surface area (Å²) in [6, 6.07) is 0. The van der Waals surface area contributed by atoms with E-state index < -0.39 is 35.0 Å². The van der Waals surface area contributed by atoms with Crippen molar-refractivity contribution in [2.45, 2.75) is 73.6 Å². The van der Waals surface area contributed by atoms with Crippen LogP contribution in [-0.2, 0) is 14.3 Å². The molecule has 0 aliphatic carbocycles. The van der Waals surface area contributed by atoms with E-state index in [1.54, 1.807) is 34.6 Å². The van der Waals surface area contributed by atoms with Crippen LogP contribution in [0.4, 0.5) is 13.2 Å². The highest BCUT2D eigenvalue weighted by atomic mass is 19.4. The van der Waals surface area contributed by atoms with Crippen LogP contribution in [0.3, 0.4) is 0 Å². The zero-order valence-electron chi connectivity index (χ0n) is 14.3. The standard InChI is InChI=1S/C9H15F3O2.C6H12O2/c1-5-8(3,4)7(13)14-6(2)9(10,11)12;1-4-6(2,3)5(7)8/h6H,5H2,1-4H3;4H2,1-3H3,(H,7,8). The van der Waals surface area contributed by atoms with Crippen LogP contribution in [0.1, 0.15) is 61.3 Å².